The second-order valence-corrected chi connectivity index (χ2v) is 5.40. The number of aliphatic hydroxyl groups excluding tert-OH is 2. The maximum absolute atomic E-state index is 10.5. The van der Waals surface area contributed by atoms with E-state index in [1.807, 2.05) is 0 Å². The number of rotatable bonds is 5. The van der Waals surface area contributed by atoms with Crippen molar-refractivity contribution >= 4 is 10.1 Å². The fourth-order valence-electron chi connectivity index (χ4n) is 1.69. The van der Waals surface area contributed by atoms with Crippen molar-refractivity contribution in [2.45, 2.75) is 6.23 Å². The highest BCUT2D eigenvalue weighted by atomic mass is 32.2. The molecule has 1 atom stereocenters. The van der Waals surface area contributed by atoms with Crippen LogP contribution in [0.4, 0.5) is 0 Å². The van der Waals surface area contributed by atoms with Gasteiger partial charge >= 0.3 is 0 Å². The summed E-state index contributed by atoms with van der Waals surface area (Å²) in [6.45, 7) is 2.13. The molecule has 0 aromatic heterocycles. The van der Waals surface area contributed by atoms with Crippen molar-refractivity contribution in [3.05, 3.63) is 0 Å². The van der Waals surface area contributed by atoms with Gasteiger partial charge in [-0.05, 0) is 0 Å². The summed E-state index contributed by atoms with van der Waals surface area (Å²) in [5.74, 6) is -0.320. The molecule has 1 fully saturated rings. The summed E-state index contributed by atoms with van der Waals surface area (Å²) in [4.78, 5) is 3.50. The van der Waals surface area contributed by atoms with E-state index in [2.05, 4.69) is 0 Å². The van der Waals surface area contributed by atoms with Gasteiger partial charge in [0.05, 0.1) is 12.4 Å². The molecule has 0 bridgehead atoms. The highest BCUT2D eigenvalue weighted by Crippen LogP contribution is 2.06. The standard InChI is InChI=1S/C8H18N2O5S/c11-5-3-10-2-1-9(7-8(10)12)4-6-16(13,14)15/h8,11-12H,1-7H2,(H,13,14,15). The third-order valence-electron chi connectivity index (χ3n) is 2.60. The lowest BCUT2D eigenvalue weighted by molar-refractivity contribution is -0.0595. The zero-order valence-corrected chi connectivity index (χ0v) is 9.80. The molecule has 8 heteroatoms. The Bertz CT molecular complexity index is 308. The molecule has 1 aliphatic heterocycles. The molecule has 0 aromatic carbocycles. The predicted molar refractivity (Wildman–Crippen MR) is 57.5 cm³/mol. The van der Waals surface area contributed by atoms with Gasteiger partial charge in [-0.2, -0.15) is 8.42 Å². The summed E-state index contributed by atoms with van der Waals surface area (Å²) in [6, 6.07) is 0. The molecule has 0 aliphatic carbocycles. The SMILES string of the molecule is O=S(=O)(O)CCN1CCN(CCO)C(O)C1. The first-order valence-electron chi connectivity index (χ1n) is 5.13. The molecule has 0 saturated carbocycles. The van der Waals surface area contributed by atoms with Crippen LogP contribution >= 0.6 is 0 Å². The van der Waals surface area contributed by atoms with E-state index >= 15 is 0 Å². The molecule has 0 radical (unpaired) electrons. The molecule has 3 N–H and O–H groups in total. The average molecular weight is 254 g/mol. The van der Waals surface area contributed by atoms with Gasteiger partial charge in [-0.3, -0.25) is 14.4 Å². The van der Waals surface area contributed by atoms with Gasteiger partial charge < -0.3 is 10.2 Å². The molecule has 7 nitrogen and oxygen atoms in total. The Labute approximate surface area is 95.0 Å². The Hall–Kier alpha value is -0.250. The van der Waals surface area contributed by atoms with Gasteiger partial charge in [0.1, 0.15) is 6.23 Å². The van der Waals surface area contributed by atoms with Crippen LogP contribution in [0.2, 0.25) is 0 Å². The molecular formula is C8H18N2O5S. The van der Waals surface area contributed by atoms with E-state index in [-0.39, 0.29) is 18.9 Å². The number of aliphatic hydroxyl groups is 2. The highest BCUT2D eigenvalue weighted by molar-refractivity contribution is 7.85. The van der Waals surface area contributed by atoms with Gasteiger partial charge in [-0.25, -0.2) is 0 Å². The van der Waals surface area contributed by atoms with E-state index in [1.165, 1.54) is 0 Å². The number of piperazine rings is 1. The quantitative estimate of drug-likeness (QED) is 0.479. The molecule has 0 aromatic rings. The molecule has 0 amide bonds. The Balaban J connectivity index is 2.34. The van der Waals surface area contributed by atoms with Crippen molar-refractivity contribution in [3.63, 3.8) is 0 Å². The van der Waals surface area contributed by atoms with Crippen LogP contribution in [0.3, 0.4) is 0 Å². The van der Waals surface area contributed by atoms with Crippen LogP contribution in [0, 0.1) is 0 Å². The van der Waals surface area contributed by atoms with Gasteiger partial charge in [-0.15, -0.1) is 0 Å². The lowest BCUT2D eigenvalue weighted by atomic mass is 10.3. The normalized spacial score (nSPS) is 24.8. The van der Waals surface area contributed by atoms with E-state index in [1.54, 1.807) is 9.80 Å². The summed E-state index contributed by atoms with van der Waals surface area (Å²) in [6.07, 6.45) is -0.692. The summed E-state index contributed by atoms with van der Waals surface area (Å²) in [7, 11) is -3.94. The maximum Gasteiger partial charge on any atom is 0.266 e. The largest absolute Gasteiger partial charge is 0.395 e. The molecular weight excluding hydrogens is 236 g/mol. The van der Waals surface area contributed by atoms with Gasteiger partial charge in [0.15, 0.2) is 0 Å². The topological polar surface area (TPSA) is 101 Å². The van der Waals surface area contributed by atoms with E-state index in [9.17, 15) is 13.5 Å². The lowest BCUT2D eigenvalue weighted by Crippen LogP contribution is -2.54. The van der Waals surface area contributed by atoms with Gasteiger partial charge in [0.2, 0.25) is 0 Å². The molecule has 1 saturated heterocycles. The number of β-amino-alcohol motifs (C(OH)–C–C–N with tert-alkyl or cyclic N) is 2. The first kappa shape index (κ1) is 13.8. The van der Waals surface area contributed by atoms with Crippen LogP contribution in [-0.2, 0) is 10.1 Å². The third kappa shape index (κ3) is 4.73. The van der Waals surface area contributed by atoms with Crippen LogP contribution in [0.15, 0.2) is 0 Å². The van der Waals surface area contributed by atoms with Crippen LogP contribution in [0.1, 0.15) is 0 Å². The maximum atomic E-state index is 10.5. The van der Waals surface area contributed by atoms with Crippen molar-refractivity contribution in [1.82, 2.24) is 9.80 Å². The molecule has 1 unspecified atom stereocenters. The minimum Gasteiger partial charge on any atom is -0.395 e. The number of hydrogen-bond donors (Lipinski definition) is 3. The summed E-state index contributed by atoms with van der Waals surface area (Å²) in [5.41, 5.74) is 0. The summed E-state index contributed by atoms with van der Waals surface area (Å²) < 4.78 is 29.7. The summed E-state index contributed by atoms with van der Waals surface area (Å²) >= 11 is 0. The monoisotopic (exact) mass is 254 g/mol. The third-order valence-corrected chi connectivity index (χ3v) is 3.30. The molecule has 1 aliphatic rings. The van der Waals surface area contributed by atoms with E-state index in [4.69, 9.17) is 9.66 Å². The minimum atomic E-state index is -3.94. The zero-order chi connectivity index (χ0) is 12.2. The van der Waals surface area contributed by atoms with Crippen LogP contribution in [0.25, 0.3) is 0 Å². The zero-order valence-electron chi connectivity index (χ0n) is 8.99. The molecule has 1 rings (SSSR count). The predicted octanol–water partition coefficient (Wildman–Crippen LogP) is -2.20. The van der Waals surface area contributed by atoms with Crippen LogP contribution in [-0.4, -0.2) is 84.3 Å². The first-order chi connectivity index (χ1) is 7.42. The van der Waals surface area contributed by atoms with E-state index in [0.29, 0.717) is 26.2 Å². The smallest absolute Gasteiger partial charge is 0.266 e. The average Bonchev–Trinajstić information content (AvgIpc) is 2.18. The van der Waals surface area contributed by atoms with Gasteiger partial charge in [0, 0.05) is 32.7 Å². The van der Waals surface area contributed by atoms with E-state index in [0.717, 1.165) is 0 Å². The van der Waals surface area contributed by atoms with Crippen molar-refractivity contribution in [3.8, 4) is 0 Å². The van der Waals surface area contributed by atoms with Crippen molar-refractivity contribution in [1.29, 1.82) is 0 Å². The Kier molecular flexibility index (Phi) is 5.09. The molecule has 1 heterocycles. The Morgan fingerprint density at radius 1 is 1.25 bits per heavy atom. The Morgan fingerprint density at radius 3 is 2.44 bits per heavy atom. The summed E-state index contributed by atoms with van der Waals surface area (Å²) in [5, 5.41) is 18.4. The van der Waals surface area contributed by atoms with Gasteiger partial charge in [0.25, 0.3) is 10.1 Å². The van der Waals surface area contributed by atoms with Crippen molar-refractivity contribution < 1.29 is 23.2 Å². The fraction of sp³-hybridized carbons (Fsp3) is 1.00. The van der Waals surface area contributed by atoms with Gasteiger partial charge in [-0.1, -0.05) is 0 Å². The Morgan fingerprint density at radius 2 is 1.94 bits per heavy atom. The van der Waals surface area contributed by atoms with Crippen LogP contribution in [0.5, 0.6) is 0 Å². The second-order valence-electron chi connectivity index (χ2n) is 3.83. The van der Waals surface area contributed by atoms with Crippen molar-refractivity contribution in [2.24, 2.45) is 0 Å². The molecule has 96 valence electrons. The fourth-order valence-corrected chi connectivity index (χ4v) is 2.18. The molecule has 0 spiro atoms. The highest BCUT2D eigenvalue weighted by Gasteiger charge is 2.25. The second kappa shape index (κ2) is 5.89. The minimum absolute atomic E-state index is 0.0118. The van der Waals surface area contributed by atoms with Crippen LogP contribution < -0.4 is 0 Å². The van der Waals surface area contributed by atoms with E-state index < -0.39 is 16.3 Å². The first-order valence-corrected chi connectivity index (χ1v) is 6.74. The number of hydrogen-bond acceptors (Lipinski definition) is 6. The molecule has 16 heavy (non-hydrogen) atoms. The van der Waals surface area contributed by atoms with Crippen molar-refractivity contribution in [2.75, 3.05) is 45.1 Å². The lowest BCUT2D eigenvalue weighted by Gasteiger charge is -2.38. The number of nitrogens with zero attached hydrogens (tertiary/aromatic N) is 2.